The molecule has 9 heteroatoms. The van der Waals surface area contributed by atoms with Crippen molar-refractivity contribution in [3.63, 3.8) is 0 Å². The standard InChI is InChI=1S/C17H16FN3O5/c1-26-15-7-2-11(10-14(15)21(24)25)17(23)20(9-8-16(19)22)13-5-3-12(18)4-6-13/h2-7,10H,8-9H2,1H3,(H2,19,22). The minimum atomic E-state index is -0.665. The number of carbonyl (C=O) groups is 2. The van der Waals surface area contributed by atoms with Crippen molar-refractivity contribution >= 4 is 23.2 Å². The Labute approximate surface area is 148 Å². The van der Waals surface area contributed by atoms with Crippen LogP contribution in [0.15, 0.2) is 42.5 Å². The number of nitro groups is 1. The van der Waals surface area contributed by atoms with E-state index in [0.29, 0.717) is 5.69 Å². The molecule has 136 valence electrons. The van der Waals surface area contributed by atoms with Crippen molar-refractivity contribution in [1.29, 1.82) is 0 Å². The first kappa shape index (κ1) is 18.8. The van der Waals surface area contributed by atoms with E-state index >= 15 is 0 Å². The Morgan fingerprint density at radius 1 is 1.23 bits per heavy atom. The Morgan fingerprint density at radius 3 is 2.42 bits per heavy atom. The number of primary amides is 1. The highest BCUT2D eigenvalue weighted by atomic mass is 19.1. The number of hydrogen-bond acceptors (Lipinski definition) is 5. The third-order valence-electron chi connectivity index (χ3n) is 3.59. The van der Waals surface area contributed by atoms with E-state index in [-0.39, 0.29) is 30.0 Å². The van der Waals surface area contributed by atoms with Crippen molar-refractivity contribution in [1.82, 2.24) is 0 Å². The SMILES string of the molecule is COc1ccc(C(=O)N(CCC(N)=O)c2ccc(F)cc2)cc1[N+](=O)[O-]. The summed E-state index contributed by atoms with van der Waals surface area (Å²) in [6.07, 6.45) is -0.124. The summed E-state index contributed by atoms with van der Waals surface area (Å²) in [7, 11) is 1.28. The smallest absolute Gasteiger partial charge is 0.311 e. The van der Waals surface area contributed by atoms with Crippen LogP contribution < -0.4 is 15.4 Å². The van der Waals surface area contributed by atoms with Gasteiger partial charge in [-0.3, -0.25) is 19.7 Å². The minimum Gasteiger partial charge on any atom is -0.490 e. The van der Waals surface area contributed by atoms with Crippen LogP contribution in [0.5, 0.6) is 5.75 Å². The lowest BCUT2D eigenvalue weighted by molar-refractivity contribution is -0.385. The third-order valence-corrected chi connectivity index (χ3v) is 3.59. The van der Waals surface area contributed by atoms with Crippen LogP contribution in [0.3, 0.4) is 0 Å². The second-order valence-corrected chi connectivity index (χ2v) is 5.29. The maximum atomic E-state index is 13.1. The van der Waals surface area contributed by atoms with Crippen LogP contribution in [0.1, 0.15) is 16.8 Å². The van der Waals surface area contributed by atoms with Gasteiger partial charge in [0, 0.05) is 30.3 Å². The largest absolute Gasteiger partial charge is 0.490 e. The van der Waals surface area contributed by atoms with E-state index in [1.165, 1.54) is 36.3 Å². The average Bonchev–Trinajstić information content (AvgIpc) is 2.62. The van der Waals surface area contributed by atoms with Gasteiger partial charge in [0.15, 0.2) is 5.75 Å². The van der Waals surface area contributed by atoms with Crippen LogP contribution in [-0.4, -0.2) is 30.4 Å². The van der Waals surface area contributed by atoms with Gasteiger partial charge in [0.2, 0.25) is 5.91 Å². The number of hydrogen-bond donors (Lipinski definition) is 1. The molecule has 0 bridgehead atoms. The quantitative estimate of drug-likeness (QED) is 0.600. The molecule has 0 saturated carbocycles. The maximum absolute atomic E-state index is 13.1. The first-order valence-corrected chi connectivity index (χ1v) is 7.51. The predicted molar refractivity (Wildman–Crippen MR) is 91.5 cm³/mol. The number of rotatable bonds is 7. The summed E-state index contributed by atoms with van der Waals surface area (Å²) in [5, 5.41) is 11.1. The zero-order chi connectivity index (χ0) is 19.3. The third kappa shape index (κ3) is 4.32. The average molecular weight is 361 g/mol. The molecular weight excluding hydrogens is 345 g/mol. The van der Waals surface area contributed by atoms with E-state index in [1.807, 2.05) is 0 Å². The molecule has 2 aromatic rings. The first-order valence-electron chi connectivity index (χ1n) is 7.51. The Hall–Kier alpha value is -3.49. The lowest BCUT2D eigenvalue weighted by Gasteiger charge is -2.22. The van der Waals surface area contributed by atoms with E-state index in [0.717, 1.165) is 18.2 Å². The van der Waals surface area contributed by atoms with E-state index in [2.05, 4.69) is 0 Å². The summed E-state index contributed by atoms with van der Waals surface area (Å²) >= 11 is 0. The van der Waals surface area contributed by atoms with E-state index in [9.17, 15) is 24.1 Å². The fourth-order valence-electron chi connectivity index (χ4n) is 2.31. The molecule has 0 fully saturated rings. The molecule has 0 heterocycles. The molecule has 0 aromatic heterocycles. The van der Waals surface area contributed by atoms with Crippen LogP contribution in [-0.2, 0) is 4.79 Å². The number of nitrogens with zero attached hydrogens (tertiary/aromatic N) is 2. The van der Waals surface area contributed by atoms with Gasteiger partial charge in [-0.25, -0.2) is 4.39 Å². The molecular formula is C17H16FN3O5. The zero-order valence-corrected chi connectivity index (χ0v) is 13.8. The molecule has 2 rings (SSSR count). The molecule has 0 aliphatic heterocycles. The molecule has 8 nitrogen and oxygen atoms in total. The Morgan fingerprint density at radius 2 is 1.88 bits per heavy atom. The van der Waals surface area contributed by atoms with Gasteiger partial charge < -0.3 is 15.4 Å². The lowest BCUT2D eigenvalue weighted by Crippen LogP contribution is -2.34. The molecule has 2 N–H and O–H groups in total. The molecule has 2 aromatic carbocycles. The summed E-state index contributed by atoms with van der Waals surface area (Å²) in [5.41, 5.74) is 5.12. The zero-order valence-electron chi connectivity index (χ0n) is 13.8. The van der Waals surface area contributed by atoms with Gasteiger partial charge in [-0.2, -0.15) is 0 Å². The van der Waals surface area contributed by atoms with Crippen molar-refractivity contribution in [2.45, 2.75) is 6.42 Å². The van der Waals surface area contributed by atoms with Gasteiger partial charge in [-0.15, -0.1) is 0 Å². The van der Waals surface area contributed by atoms with Gasteiger partial charge in [0.25, 0.3) is 5.91 Å². The van der Waals surface area contributed by atoms with E-state index in [1.54, 1.807) is 0 Å². The summed E-state index contributed by atoms with van der Waals surface area (Å²) in [6.45, 7) is -0.0559. The van der Waals surface area contributed by atoms with E-state index in [4.69, 9.17) is 10.5 Å². The van der Waals surface area contributed by atoms with Crippen molar-refractivity contribution in [3.05, 3.63) is 64.0 Å². The lowest BCUT2D eigenvalue weighted by atomic mass is 10.1. The molecule has 0 radical (unpaired) electrons. The molecule has 0 aliphatic rings. The molecule has 0 aliphatic carbocycles. The van der Waals surface area contributed by atoms with Crippen molar-refractivity contribution in [2.75, 3.05) is 18.6 Å². The Bertz CT molecular complexity index is 839. The molecule has 0 atom stereocenters. The summed E-state index contributed by atoms with van der Waals surface area (Å²) in [6, 6.07) is 8.82. The Balaban J connectivity index is 2.42. The predicted octanol–water partition coefficient (Wildman–Crippen LogP) is 2.26. The highest BCUT2D eigenvalue weighted by Crippen LogP contribution is 2.29. The Kier molecular flexibility index (Phi) is 5.84. The van der Waals surface area contributed by atoms with E-state index < -0.39 is 22.6 Å². The number of halogens is 1. The molecule has 0 unspecified atom stereocenters. The fourth-order valence-corrected chi connectivity index (χ4v) is 2.31. The van der Waals surface area contributed by atoms with Crippen molar-refractivity contribution in [2.24, 2.45) is 5.73 Å². The molecule has 0 saturated heterocycles. The number of nitrogens with two attached hydrogens (primary N) is 1. The second kappa shape index (κ2) is 8.06. The maximum Gasteiger partial charge on any atom is 0.311 e. The number of benzene rings is 2. The van der Waals surface area contributed by atoms with Crippen LogP contribution in [0.2, 0.25) is 0 Å². The summed E-state index contributed by atoms with van der Waals surface area (Å²) < 4.78 is 18.1. The fraction of sp³-hybridized carbons (Fsp3) is 0.176. The molecule has 2 amide bonds. The second-order valence-electron chi connectivity index (χ2n) is 5.29. The van der Waals surface area contributed by atoms with Gasteiger partial charge in [0.05, 0.1) is 12.0 Å². The molecule has 0 spiro atoms. The van der Waals surface area contributed by atoms with Gasteiger partial charge in [-0.05, 0) is 36.4 Å². The number of carbonyl (C=O) groups excluding carboxylic acids is 2. The molecule has 26 heavy (non-hydrogen) atoms. The van der Waals surface area contributed by atoms with Crippen LogP contribution in [0, 0.1) is 15.9 Å². The number of anilines is 1. The summed E-state index contributed by atoms with van der Waals surface area (Å²) in [5.74, 6) is -1.69. The topological polar surface area (TPSA) is 116 Å². The number of nitro benzene ring substituents is 1. The van der Waals surface area contributed by atoms with Crippen LogP contribution >= 0.6 is 0 Å². The summed E-state index contributed by atoms with van der Waals surface area (Å²) in [4.78, 5) is 35.6. The number of amides is 2. The van der Waals surface area contributed by atoms with Crippen LogP contribution in [0.4, 0.5) is 15.8 Å². The van der Waals surface area contributed by atoms with Crippen molar-refractivity contribution in [3.8, 4) is 5.75 Å². The first-order chi connectivity index (χ1) is 12.3. The highest BCUT2D eigenvalue weighted by Gasteiger charge is 2.23. The normalized spacial score (nSPS) is 10.2. The monoisotopic (exact) mass is 361 g/mol. The minimum absolute atomic E-state index is 0.0111. The van der Waals surface area contributed by atoms with Gasteiger partial charge in [-0.1, -0.05) is 0 Å². The highest BCUT2D eigenvalue weighted by molar-refractivity contribution is 6.06. The van der Waals surface area contributed by atoms with Gasteiger partial charge >= 0.3 is 5.69 Å². The van der Waals surface area contributed by atoms with Crippen LogP contribution in [0.25, 0.3) is 0 Å². The number of ether oxygens (including phenoxy) is 1. The van der Waals surface area contributed by atoms with Gasteiger partial charge in [0.1, 0.15) is 5.82 Å². The number of methoxy groups -OCH3 is 1. The van der Waals surface area contributed by atoms with Crippen molar-refractivity contribution < 1.29 is 23.6 Å².